The third-order valence-corrected chi connectivity index (χ3v) is 6.12. The van der Waals surface area contributed by atoms with Crippen LogP contribution in [0.15, 0.2) is 34.5 Å². The van der Waals surface area contributed by atoms with Crippen molar-refractivity contribution in [1.29, 1.82) is 0 Å². The van der Waals surface area contributed by atoms with Crippen molar-refractivity contribution >= 4 is 51.6 Å². The third-order valence-electron chi connectivity index (χ3n) is 4.09. The van der Waals surface area contributed by atoms with Gasteiger partial charge in [-0.3, -0.25) is 14.5 Å². The summed E-state index contributed by atoms with van der Waals surface area (Å²) in [5, 5.41) is 22.7. The highest BCUT2D eigenvalue weighted by atomic mass is 32.2. The highest BCUT2D eigenvalue weighted by molar-refractivity contribution is 8.00. The number of nitrogens with zero attached hydrogens (tertiary/aromatic N) is 3. The van der Waals surface area contributed by atoms with Crippen LogP contribution in [0, 0.1) is 5.92 Å². The summed E-state index contributed by atoms with van der Waals surface area (Å²) in [6, 6.07) is 0. The second-order valence-corrected chi connectivity index (χ2v) is 7.54. The van der Waals surface area contributed by atoms with Crippen molar-refractivity contribution in [1.82, 2.24) is 9.88 Å². The van der Waals surface area contributed by atoms with Gasteiger partial charge in [0.25, 0.3) is 0 Å². The van der Waals surface area contributed by atoms with Crippen LogP contribution in [0.2, 0.25) is 0 Å². The molecule has 0 spiro atoms. The van der Waals surface area contributed by atoms with Crippen LogP contribution in [0.25, 0.3) is 0 Å². The Morgan fingerprint density at radius 1 is 1.52 bits per heavy atom. The number of β-lactam (4-membered cyclic amide) rings is 1. The van der Waals surface area contributed by atoms with E-state index in [1.54, 1.807) is 0 Å². The molecule has 0 bridgehead atoms. The largest absolute Gasteiger partial charge is 0.477 e. The SMILES string of the molecule is C.C=CC1=C(C(=O)O)N2C(=O)C(CC(=O)/C(=N\O)c3csc(N)n3)C2SC1. The molecular formula is C16H18N4O5S2. The zero-order valence-corrected chi connectivity index (χ0v) is 14.9. The lowest BCUT2D eigenvalue weighted by molar-refractivity contribution is -0.153. The lowest BCUT2D eigenvalue weighted by Crippen LogP contribution is -2.62. The van der Waals surface area contributed by atoms with Crippen LogP contribution in [0.4, 0.5) is 5.13 Å². The second-order valence-electron chi connectivity index (χ2n) is 5.55. The Hall–Kier alpha value is -2.66. The number of oxime groups is 1. The van der Waals surface area contributed by atoms with E-state index in [1.165, 1.54) is 28.1 Å². The number of nitrogens with two attached hydrogens (primary N) is 1. The van der Waals surface area contributed by atoms with Crippen LogP contribution >= 0.6 is 23.1 Å². The lowest BCUT2D eigenvalue weighted by atomic mass is 9.89. The summed E-state index contributed by atoms with van der Waals surface area (Å²) in [4.78, 5) is 41.5. The molecule has 11 heteroatoms. The fourth-order valence-corrected chi connectivity index (χ4v) is 4.83. The number of anilines is 1. The van der Waals surface area contributed by atoms with E-state index in [1.807, 2.05) is 0 Å². The number of thioether (sulfide) groups is 1. The number of thiazole rings is 1. The number of carboxylic acids is 1. The van der Waals surface area contributed by atoms with E-state index in [0.29, 0.717) is 11.3 Å². The number of aromatic nitrogens is 1. The molecule has 1 saturated heterocycles. The molecule has 9 nitrogen and oxygen atoms in total. The van der Waals surface area contributed by atoms with Gasteiger partial charge in [0.2, 0.25) is 5.91 Å². The number of carboxylic acid groups (broad SMARTS) is 1. The van der Waals surface area contributed by atoms with Crippen LogP contribution < -0.4 is 5.73 Å². The molecule has 3 rings (SSSR count). The van der Waals surface area contributed by atoms with E-state index < -0.39 is 29.0 Å². The standard InChI is InChI=1S/C15H14N4O5S2.CH4/c1-2-6-4-25-13-7(12(21)19(13)11(6)14(22)23)3-9(20)10(18-24)8-5-26-15(16)17-8;/h2,5,7,13,24H,1,3-4H2,(H2,16,17)(H,22,23);1H4/b18-10-;. The smallest absolute Gasteiger partial charge is 0.352 e. The van der Waals surface area contributed by atoms with Gasteiger partial charge in [0, 0.05) is 17.6 Å². The molecular weight excluding hydrogens is 392 g/mol. The Morgan fingerprint density at radius 2 is 2.22 bits per heavy atom. The van der Waals surface area contributed by atoms with E-state index in [0.717, 1.165) is 11.3 Å². The van der Waals surface area contributed by atoms with E-state index in [4.69, 9.17) is 10.9 Å². The fourth-order valence-electron chi connectivity index (χ4n) is 2.88. The average molecular weight is 410 g/mol. The van der Waals surface area contributed by atoms with Crippen molar-refractivity contribution in [3.8, 4) is 0 Å². The van der Waals surface area contributed by atoms with Gasteiger partial charge < -0.3 is 16.0 Å². The van der Waals surface area contributed by atoms with Gasteiger partial charge in [-0.25, -0.2) is 9.78 Å². The van der Waals surface area contributed by atoms with Crippen LogP contribution in [-0.2, 0) is 14.4 Å². The maximum Gasteiger partial charge on any atom is 0.352 e. The number of rotatable bonds is 6. The van der Waals surface area contributed by atoms with Crippen molar-refractivity contribution in [2.75, 3.05) is 11.5 Å². The number of Topliss-reactive ketones (excluding diaryl/α,β-unsaturated/α-hetero) is 1. The summed E-state index contributed by atoms with van der Waals surface area (Å²) in [6.07, 6.45) is 1.21. The number of carbonyl (C=O) groups is 3. The Kier molecular flexibility index (Phi) is 6.06. The highest BCUT2D eigenvalue weighted by Gasteiger charge is 2.53. The van der Waals surface area contributed by atoms with Gasteiger partial charge in [-0.1, -0.05) is 25.2 Å². The summed E-state index contributed by atoms with van der Waals surface area (Å²) >= 11 is 2.46. The third kappa shape index (κ3) is 3.47. The van der Waals surface area contributed by atoms with Gasteiger partial charge in [-0.05, 0) is 5.57 Å². The van der Waals surface area contributed by atoms with Gasteiger partial charge >= 0.3 is 5.97 Å². The predicted molar refractivity (Wildman–Crippen MR) is 103 cm³/mol. The highest BCUT2D eigenvalue weighted by Crippen LogP contribution is 2.45. The fraction of sp³-hybridized carbons (Fsp3) is 0.312. The Labute approximate surface area is 163 Å². The predicted octanol–water partition coefficient (Wildman–Crippen LogP) is 1.55. The molecule has 2 aliphatic heterocycles. The molecule has 4 N–H and O–H groups in total. The lowest BCUT2D eigenvalue weighted by Gasteiger charge is -2.49. The summed E-state index contributed by atoms with van der Waals surface area (Å²) in [7, 11) is 0. The summed E-state index contributed by atoms with van der Waals surface area (Å²) in [5.74, 6) is -2.54. The number of amides is 1. The monoisotopic (exact) mass is 410 g/mol. The minimum Gasteiger partial charge on any atom is -0.477 e. The van der Waals surface area contributed by atoms with Gasteiger partial charge in [-0.15, -0.1) is 23.1 Å². The van der Waals surface area contributed by atoms with Gasteiger partial charge in [0.1, 0.15) is 11.4 Å². The van der Waals surface area contributed by atoms with Gasteiger partial charge in [-0.2, -0.15) is 0 Å². The zero-order valence-electron chi connectivity index (χ0n) is 13.3. The van der Waals surface area contributed by atoms with Crippen molar-refractivity contribution in [3.63, 3.8) is 0 Å². The summed E-state index contributed by atoms with van der Waals surface area (Å²) < 4.78 is 0. The molecule has 27 heavy (non-hydrogen) atoms. The van der Waals surface area contributed by atoms with Crippen LogP contribution in [-0.4, -0.2) is 54.7 Å². The van der Waals surface area contributed by atoms with Gasteiger partial charge in [0.15, 0.2) is 16.6 Å². The molecule has 1 amide bonds. The molecule has 1 aromatic rings. The molecule has 0 saturated carbocycles. The molecule has 3 heterocycles. The minimum absolute atomic E-state index is 0. The Balaban J connectivity index is 0.00000261. The van der Waals surface area contributed by atoms with Crippen LogP contribution in [0.3, 0.4) is 0 Å². The Morgan fingerprint density at radius 3 is 2.74 bits per heavy atom. The van der Waals surface area contributed by atoms with Crippen LogP contribution in [0.5, 0.6) is 0 Å². The van der Waals surface area contributed by atoms with Crippen molar-refractivity contribution in [2.24, 2.45) is 11.1 Å². The summed E-state index contributed by atoms with van der Waals surface area (Å²) in [6.45, 7) is 3.58. The first-order chi connectivity index (χ1) is 12.4. The molecule has 0 radical (unpaired) electrons. The maximum atomic E-state index is 12.5. The number of carbonyl (C=O) groups excluding carboxylic acids is 2. The number of hydrogen-bond acceptors (Lipinski definition) is 9. The van der Waals surface area contributed by atoms with E-state index in [9.17, 15) is 19.5 Å². The van der Waals surface area contributed by atoms with Crippen molar-refractivity contribution < 1.29 is 24.7 Å². The first kappa shape index (κ1) is 20.6. The molecule has 0 aliphatic carbocycles. The average Bonchev–Trinajstić information content (AvgIpc) is 3.04. The number of ketones is 1. The molecule has 1 fully saturated rings. The normalized spacial score (nSPS) is 21.9. The number of allylic oxidation sites excluding steroid dienone is 1. The number of nitrogen functional groups attached to an aromatic ring is 1. The maximum absolute atomic E-state index is 12.5. The molecule has 2 aliphatic rings. The number of fused-ring (bicyclic) bond motifs is 1. The molecule has 1 aromatic heterocycles. The topological polar surface area (TPSA) is 146 Å². The first-order valence-corrected chi connectivity index (χ1v) is 9.32. The van der Waals surface area contributed by atoms with Gasteiger partial charge in [0.05, 0.1) is 11.3 Å². The van der Waals surface area contributed by atoms with E-state index >= 15 is 0 Å². The molecule has 0 aromatic carbocycles. The van der Waals surface area contributed by atoms with E-state index in [-0.39, 0.29) is 36.1 Å². The minimum atomic E-state index is -1.21. The number of hydrogen-bond donors (Lipinski definition) is 3. The van der Waals surface area contributed by atoms with Crippen molar-refractivity contribution in [3.05, 3.63) is 35.0 Å². The quantitative estimate of drug-likeness (QED) is 0.277. The molecule has 144 valence electrons. The van der Waals surface area contributed by atoms with E-state index in [2.05, 4.69) is 16.7 Å². The zero-order chi connectivity index (χ0) is 19.0. The number of aliphatic carboxylic acids is 1. The Bertz CT molecular complexity index is 876. The summed E-state index contributed by atoms with van der Waals surface area (Å²) in [5.41, 5.74) is 5.75. The van der Waals surface area contributed by atoms with Crippen LogP contribution in [0.1, 0.15) is 19.5 Å². The second kappa shape index (κ2) is 7.92. The van der Waals surface area contributed by atoms with Crippen molar-refractivity contribution in [2.45, 2.75) is 19.2 Å². The molecule has 2 unspecified atom stereocenters. The molecule has 2 atom stereocenters. The first-order valence-electron chi connectivity index (χ1n) is 7.39.